The predicted octanol–water partition coefficient (Wildman–Crippen LogP) is 2.36. The van der Waals surface area contributed by atoms with Crippen LogP contribution in [0.5, 0.6) is 5.75 Å². The average molecular weight is 328 g/mol. The van der Waals surface area contributed by atoms with Crippen LogP contribution in [-0.2, 0) is 4.74 Å². The van der Waals surface area contributed by atoms with Crippen LogP contribution in [0.15, 0.2) is 22.7 Å². The molecule has 0 atom stereocenters. The monoisotopic (exact) mass is 327 g/mol. The Kier molecular flexibility index (Phi) is 5.82. The minimum Gasteiger partial charge on any atom is -0.493 e. The molecular formula is C14H18BrNO3. The van der Waals surface area contributed by atoms with E-state index in [2.05, 4.69) is 20.8 Å². The lowest BCUT2D eigenvalue weighted by atomic mass is 10.2. The van der Waals surface area contributed by atoms with E-state index in [0.29, 0.717) is 17.9 Å². The van der Waals surface area contributed by atoms with Crippen molar-refractivity contribution in [3.8, 4) is 5.75 Å². The van der Waals surface area contributed by atoms with Crippen molar-refractivity contribution in [3.63, 3.8) is 0 Å². The van der Waals surface area contributed by atoms with Crippen LogP contribution in [0.2, 0.25) is 0 Å². The van der Waals surface area contributed by atoms with Crippen molar-refractivity contribution in [1.29, 1.82) is 0 Å². The van der Waals surface area contributed by atoms with Crippen LogP contribution in [-0.4, -0.2) is 50.6 Å². The Morgan fingerprint density at radius 3 is 2.89 bits per heavy atom. The number of halogens is 1. The summed E-state index contributed by atoms with van der Waals surface area (Å²) in [6, 6.07) is 5.43. The van der Waals surface area contributed by atoms with E-state index < -0.39 is 0 Å². The number of aldehydes is 1. The van der Waals surface area contributed by atoms with Gasteiger partial charge in [-0.15, -0.1) is 0 Å². The van der Waals surface area contributed by atoms with Crippen LogP contribution in [0.4, 0.5) is 0 Å². The minimum absolute atomic E-state index is 0.592. The number of hydrogen-bond donors (Lipinski definition) is 0. The SMILES string of the molecule is O=Cc1ccc(Br)cc1OCCCN1CCOCC1. The number of nitrogens with zero attached hydrogens (tertiary/aromatic N) is 1. The molecule has 1 aliphatic heterocycles. The first-order valence-electron chi connectivity index (χ1n) is 6.47. The molecule has 0 unspecified atom stereocenters. The highest BCUT2D eigenvalue weighted by atomic mass is 79.9. The lowest BCUT2D eigenvalue weighted by Crippen LogP contribution is -2.37. The molecule has 1 aromatic rings. The molecule has 0 spiro atoms. The molecule has 1 saturated heterocycles. The van der Waals surface area contributed by atoms with Gasteiger partial charge in [0, 0.05) is 24.1 Å². The van der Waals surface area contributed by atoms with Crippen LogP contribution >= 0.6 is 15.9 Å². The maximum absolute atomic E-state index is 10.9. The number of morpholine rings is 1. The third kappa shape index (κ3) is 4.60. The Balaban J connectivity index is 1.75. The van der Waals surface area contributed by atoms with E-state index in [1.165, 1.54) is 0 Å². The number of carbonyl (C=O) groups is 1. The standard InChI is InChI=1S/C14H18BrNO3/c15-13-3-2-12(11-17)14(10-13)19-7-1-4-16-5-8-18-9-6-16/h2-3,10-11H,1,4-9H2. The van der Waals surface area contributed by atoms with Gasteiger partial charge < -0.3 is 9.47 Å². The molecule has 1 heterocycles. The van der Waals surface area contributed by atoms with Gasteiger partial charge in [-0.25, -0.2) is 0 Å². The van der Waals surface area contributed by atoms with Gasteiger partial charge in [0.05, 0.1) is 25.4 Å². The van der Waals surface area contributed by atoms with Gasteiger partial charge in [-0.3, -0.25) is 9.69 Å². The summed E-state index contributed by atoms with van der Waals surface area (Å²) >= 11 is 3.38. The van der Waals surface area contributed by atoms with Gasteiger partial charge in [0.1, 0.15) is 5.75 Å². The lowest BCUT2D eigenvalue weighted by molar-refractivity contribution is 0.0358. The fourth-order valence-electron chi connectivity index (χ4n) is 2.03. The number of benzene rings is 1. The van der Waals surface area contributed by atoms with Crippen molar-refractivity contribution in [2.75, 3.05) is 39.5 Å². The number of ether oxygens (including phenoxy) is 2. The third-order valence-corrected chi connectivity index (χ3v) is 3.58. The summed E-state index contributed by atoms with van der Waals surface area (Å²) in [6.45, 7) is 5.26. The maximum Gasteiger partial charge on any atom is 0.153 e. The van der Waals surface area contributed by atoms with Crippen LogP contribution in [0, 0.1) is 0 Å². The van der Waals surface area contributed by atoms with Gasteiger partial charge in [0.25, 0.3) is 0 Å². The van der Waals surface area contributed by atoms with Crippen LogP contribution in [0.3, 0.4) is 0 Å². The van der Waals surface area contributed by atoms with Gasteiger partial charge in [0.2, 0.25) is 0 Å². The largest absolute Gasteiger partial charge is 0.493 e. The zero-order chi connectivity index (χ0) is 13.5. The number of hydrogen-bond acceptors (Lipinski definition) is 4. The molecule has 0 saturated carbocycles. The van der Waals surface area contributed by atoms with Crippen molar-refractivity contribution in [3.05, 3.63) is 28.2 Å². The van der Waals surface area contributed by atoms with Gasteiger partial charge in [-0.2, -0.15) is 0 Å². The summed E-state index contributed by atoms with van der Waals surface area (Å²) in [5.74, 6) is 0.645. The van der Waals surface area contributed by atoms with E-state index in [1.807, 2.05) is 12.1 Å². The molecule has 1 aliphatic rings. The summed E-state index contributed by atoms with van der Waals surface area (Å²) in [4.78, 5) is 13.3. The molecular weight excluding hydrogens is 310 g/mol. The van der Waals surface area contributed by atoms with Crippen LogP contribution in [0.1, 0.15) is 16.8 Å². The molecule has 104 valence electrons. The molecule has 5 heteroatoms. The summed E-state index contributed by atoms with van der Waals surface area (Å²) in [7, 11) is 0. The molecule has 19 heavy (non-hydrogen) atoms. The van der Waals surface area contributed by atoms with Gasteiger partial charge in [0.15, 0.2) is 6.29 Å². The Labute approximate surface area is 121 Å². The molecule has 0 aliphatic carbocycles. The Hall–Kier alpha value is -0.910. The molecule has 2 rings (SSSR count). The Morgan fingerprint density at radius 2 is 2.16 bits per heavy atom. The van der Waals surface area contributed by atoms with Gasteiger partial charge >= 0.3 is 0 Å². The molecule has 1 fully saturated rings. The topological polar surface area (TPSA) is 38.8 Å². The quantitative estimate of drug-likeness (QED) is 0.594. The lowest BCUT2D eigenvalue weighted by Gasteiger charge is -2.26. The second-order valence-corrected chi connectivity index (χ2v) is 5.37. The summed E-state index contributed by atoms with van der Waals surface area (Å²) in [5, 5.41) is 0. The van der Waals surface area contributed by atoms with E-state index in [1.54, 1.807) is 6.07 Å². The zero-order valence-corrected chi connectivity index (χ0v) is 12.4. The minimum atomic E-state index is 0.592. The third-order valence-electron chi connectivity index (χ3n) is 3.08. The molecule has 1 aromatic carbocycles. The fourth-order valence-corrected chi connectivity index (χ4v) is 2.37. The van der Waals surface area contributed by atoms with E-state index in [4.69, 9.17) is 9.47 Å². The first-order valence-corrected chi connectivity index (χ1v) is 7.26. The van der Waals surface area contributed by atoms with Gasteiger partial charge in [-0.1, -0.05) is 15.9 Å². The smallest absolute Gasteiger partial charge is 0.153 e. The molecule has 0 N–H and O–H groups in total. The molecule has 0 aromatic heterocycles. The Morgan fingerprint density at radius 1 is 1.37 bits per heavy atom. The summed E-state index contributed by atoms with van der Waals surface area (Å²) < 4.78 is 11.9. The van der Waals surface area contributed by atoms with E-state index in [0.717, 1.165) is 50.0 Å². The van der Waals surface area contributed by atoms with Crippen molar-refractivity contribution < 1.29 is 14.3 Å². The van der Waals surface area contributed by atoms with Crippen LogP contribution < -0.4 is 4.74 Å². The van der Waals surface area contributed by atoms with Crippen molar-refractivity contribution in [2.24, 2.45) is 0 Å². The van der Waals surface area contributed by atoms with Crippen molar-refractivity contribution in [1.82, 2.24) is 4.90 Å². The number of rotatable bonds is 6. The van der Waals surface area contributed by atoms with E-state index in [9.17, 15) is 4.79 Å². The van der Waals surface area contributed by atoms with E-state index >= 15 is 0 Å². The van der Waals surface area contributed by atoms with Crippen molar-refractivity contribution >= 4 is 22.2 Å². The summed E-state index contributed by atoms with van der Waals surface area (Å²) in [6.07, 6.45) is 1.77. The number of carbonyl (C=O) groups excluding carboxylic acids is 1. The molecule has 0 amide bonds. The first-order chi connectivity index (χ1) is 9.29. The first kappa shape index (κ1) is 14.5. The van der Waals surface area contributed by atoms with Gasteiger partial charge in [-0.05, 0) is 24.6 Å². The maximum atomic E-state index is 10.9. The highest BCUT2D eigenvalue weighted by Crippen LogP contribution is 2.22. The molecule has 0 bridgehead atoms. The Bertz CT molecular complexity index is 419. The molecule has 0 radical (unpaired) electrons. The molecule has 4 nitrogen and oxygen atoms in total. The second-order valence-electron chi connectivity index (χ2n) is 4.46. The van der Waals surface area contributed by atoms with E-state index in [-0.39, 0.29) is 0 Å². The highest BCUT2D eigenvalue weighted by Gasteiger charge is 2.09. The predicted molar refractivity (Wildman–Crippen MR) is 76.9 cm³/mol. The average Bonchev–Trinajstić information content (AvgIpc) is 2.45. The normalized spacial score (nSPS) is 16.3. The van der Waals surface area contributed by atoms with Crippen LogP contribution in [0.25, 0.3) is 0 Å². The second kappa shape index (κ2) is 7.62. The highest BCUT2D eigenvalue weighted by molar-refractivity contribution is 9.10. The fraction of sp³-hybridized carbons (Fsp3) is 0.500. The zero-order valence-electron chi connectivity index (χ0n) is 10.8. The summed E-state index contributed by atoms with van der Waals surface area (Å²) in [5.41, 5.74) is 0.592. The van der Waals surface area contributed by atoms with Crippen molar-refractivity contribution in [2.45, 2.75) is 6.42 Å².